The lowest BCUT2D eigenvalue weighted by Gasteiger charge is -2.15. The first-order chi connectivity index (χ1) is 11.3. The molecule has 0 atom stereocenters. The molecule has 0 radical (unpaired) electrons. The number of fused-ring (bicyclic) bond motifs is 1. The summed E-state index contributed by atoms with van der Waals surface area (Å²) >= 11 is 2.22. The van der Waals surface area contributed by atoms with Gasteiger partial charge in [-0.1, -0.05) is 19.6 Å². The van der Waals surface area contributed by atoms with Crippen molar-refractivity contribution < 1.29 is 14.3 Å². The molecule has 2 aromatic rings. The van der Waals surface area contributed by atoms with Crippen LogP contribution < -0.4 is 4.90 Å². The summed E-state index contributed by atoms with van der Waals surface area (Å²) in [5.74, 6) is 0. The van der Waals surface area contributed by atoms with Crippen molar-refractivity contribution in [2.45, 2.75) is 32.4 Å². The Morgan fingerprint density at radius 2 is 2.17 bits per heavy atom. The van der Waals surface area contributed by atoms with E-state index in [0.717, 1.165) is 32.9 Å². The van der Waals surface area contributed by atoms with Gasteiger partial charge in [-0.15, -0.1) is 0 Å². The molecular formula is C16H22IN3O3Si. The summed E-state index contributed by atoms with van der Waals surface area (Å²) in [6.45, 7) is 9.28. The number of carbonyl (C=O) groups is 1. The SMILES string of the molecule is C[Si](C)(C)CCOCn1nc(I)c2cc(N3CCOC3=O)ccc21. The zero-order chi connectivity index (χ0) is 17.3. The summed E-state index contributed by atoms with van der Waals surface area (Å²) in [5, 5.41) is 5.59. The van der Waals surface area contributed by atoms with Gasteiger partial charge >= 0.3 is 6.09 Å². The van der Waals surface area contributed by atoms with Gasteiger partial charge in [0.1, 0.15) is 17.0 Å². The van der Waals surface area contributed by atoms with Crippen molar-refractivity contribution in [3.63, 3.8) is 0 Å². The molecule has 6 nitrogen and oxygen atoms in total. The maximum atomic E-state index is 11.7. The number of cyclic esters (lactones) is 1. The number of hydrogen-bond donors (Lipinski definition) is 0. The van der Waals surface area contributed by atoms with Crippen LogP contribution in [0.5, 0.6) is 0 Å². The molecule has 130 valence electrons. The van der Waals surface area contributed by atoms with Crippen molar-refractivity contribution in [2.75, 3.05) is 24.7 Å². The molecule has 0 N–H and O–H groups in total. The standard InChI is InChI=1S/C16H22IN3O3Si/c1-24(2,3)9-8-22-11-20-14-5-4-12(10-13(14)15(17)18-20)19-6-7-23-16(19)21/h4-5,10H,6-9,11H2,1-3H3. The predicted octanol–water partition coefficient (Wildman–Crippen LogP) is 3.91. The van der Waals surface area contributed by atoms with Crippen LogP contribution in [0.1, 0.15) is 0 Å². The van der Waals surface area contributed by atoms with Crippen LogP contribution >= 0.6 is 22.6 Å². The molecule has 24 heavy (non-hydrogen) atoms. The van der Waals surface area contributed by atoms with Crippen LogP contribution in [0.4, 0.5) is 10.5 Å². The Balaban J connectivity index is 1.75. The van der Waals surface area contributed by atoms with E-state index in [1.54, 1.807) is 4.90 Å². The third-order valence-corrected chi connectivity index (χ3v) is 6.47. The van der Waals surface area contributed by atoms with Gasteiger partial charge in [0.2, 0.25) is 0 Å². The minimum absolute atomic E-state index is 0.286. The largest absolute Gasteiger partial charge is 0.447 e. The lowest BCUT2D eigenvalue weighted by molar-refractivity contribution is 0.0814. The smallest absolute Gasteiger partial charge is 0.414 e. The predicted molar refractivity (Wildman–Crippen MR) is 105 cm³/mol. The molecule has 1 aromatic carbocycles. The first kappa shape index (κ1) is 17.7. The maximum absolute atomic E-state index is 11.7. The number of amides is 1. The van der Waals surface area contributed by atoms with Gasteiger partial charge in [-0.3, -0.25) is 4.90 Å². The number of ether oxygens (including phenoxy) is 2. The molecule has 1 aromatic heterocycles. The molecule has 1 fully saturated rings. The molecule has 1 amide bonds. The molecule has 0 unspecified atom stereocenters. The second-order valence-electron chi connectivity index (χ2n) is 7.11. The first-order valence-electron chi connectivity index (χ1n) is 8.03. The number of benzene rings is 1. The summed E-state index contributed by atoms with van der Waals surface area (Å²) in [7, 11) is -1.08. The highest BCUT2D eigenvalue weighted by Gasteiger charge is 2.24. The monoisotopic (exact) mass is 459 g/mol. The topological polar surface area (TPSA) is 56.6 Å². The van der Waals surface area contributed by atoms with E-state index < -0.39 is 8.07 Å². The number of hydrogen-bond acceptors (Lipinski definition) is 4. The van der Waals surface area contributed by atoms with E-state index in [4.69, 9.17) is 9.47 Å². The Morgan fingerprint density at radius 3 is 2.83 bits per heavy atom. The van der Waals surface area contributed by atoms with E-state index in [1.165, 1.54) is 0 Å². The summed E-state index contributed by atoms with van der Waals surface area (Å²) in [6.07, 6.45) is -0.286. The van der Waals surface area contributed by atoms with Crippen LogP contribution in [0.25, 0.3) is 10.9 Å². The van der Waals surface area contributed by atoms with E-state index in [0.29, 0.717) is 19.9 Å². The minimum atomic E-state index is -1.08. The van der Waals surface area contributed by atoms with Crippen molar-refractivity contribution in [3.05, 3.63) is 21.9 Å². The molecule has 0 bridgehead atoms. The molecule has 0 spiro atoms. The average Bonchev–Trinajstić information content (AvgIpc) is 3.07. The Kier molecular flexibility index (Phi) is 5.16. The van der Waals surface area contributed by atoms with Gasteiger partial charge in [0, 0.05) is 25.8 Å². The third-order valence-electron chi connectivity index (χ3n) is 3.97. The van der Waals surface area contributed by atoms with Crippen LogP contribution in [0.15, 0.2) is 18.2 Å². The Morgan fingerprint density at radius 1 is 1.38 bits per heavy atom. The molecule has 1 saturated heterocycles. The molecule has 0 aliphatic carbocycles. The Hall–Kier alpha value is -1.13. The van der Waals surface area contributed by atoms with E-state index in [-0.39, 0.29) is 6.09 Å². The molecule has 1 aliphatic rings. The highest BCUT2D eigenvalue weighted by molar-refractivity contribution is 14.1. The lowest BCUT2D eigenvalue weighted by Crippen LogP contribution is -2.23. The van der Waals surface area contributed by atoms with Crippen molar-refractivity contribution >= 4 is 53.3 Å². The Bertz CT molecular complexity index is 757. The average molecular weight is 459 g/mol. The summed E-state index contributed by atoms with van der Waals surface area (Å²) in [5.41, 5.74) is 1.87. The molecule has 1 aliphatic heterocycles. The van der Waals surface area contributed by atoms with Crippen LogP contribution in [-0.4, -0.2) is 43.7 Å². The zero-order valence-corrected chi connectivity index (χ0v) is 17.4. The van der Waals surface area contributed by atoms with Gasteiger partial charge < -0.3 is 9.47 Å². The number of anilines is 1. The van der Waals surface area contributed by atoms with Crippen molar-refractivity contribution in [3.8, 4) is 0 Å². The number of carbonyl (C=O) groups excluding carboxylic acids is 1. The fourth-order valence-corrected chi connectivity index (χ4v) is 4.00. The number of nitrogens with zero attached hydrogens (tertiary/aromatic N) is 3. The van der Waals surface area contributed by atoms with Crippen LogP contribution in [-0.2, 0) is 16.2 Å². The zero-order valence-electron chi connectivity index (χ0n) is 14.2. The van der Waals surface area contributed by atoms with Gasteiger partial charge in [-0.05, 0) is 46.8 Å². The quantitative estimate of drug-likeness (QED) is 0.374. The van der Waals surface area contributed by atoms with Crippen LogP contribution in [0, 0.1) is 3.70 Å². The van der Waals surface area contributed by atoms with Gasteiger partial charge in [-0.25, -0.2) is 9.48 Å². The summed E-state index contributed by atoms with van der Waals surface area (Å²) in [6, 6.07) is 7.07. The molecular weight excluding hydrogens is 437 g/mol. The van der Waals surface area contributed by atoms with Gasteiger partial charge in [0.25, 0.3) is 0 Å². The van der Waals surface area contributed by atoms with Crippen molar-refractivity contribution in [2.24, 2.45) is 0 Å². The minimum Gasteiger partial charge on any atom is -0.447 e. The number of aromatic nitrogens is 2. The number of rotatable bonds is 6. The lowest BCUT2D eigenvalue weighted by atomic mass is 10.2. The highest BCUT2D eigenvalue weighted by Crippen LogP contribution is 2.27. The van der Waals surface area contributed by atoms with E-state index >= 15 is 0 Å². The second-order valence-corrected chi connectivity index (χ2v) is 13.7. The molecule has 2 heterocycles. The van der Waals surface area contributed by atoms with E-state index in [1.807, 2.05) is 22.9 Å². The van der Waals surface area contributed by atoms with Gasteiger partial charge in [-0.2, -0.15) is 5.10 Å². The fraction of sp³-hybridized carbons (Fsp3) is 0.500. The normalized spacial score (nSPS) is 15.3. The van der Waals surface area contributed by atoms with Crippen molar-refractivity contribution in [1.82, 2.24) is 9.78 Å². The first-order valence-corrected chi connectivity index (χ1v) is 12.8. The van der Waals surface area contributed by atoms with E-state index in [9.17, 15) is 4.79 Å². The van der Waals surface area contributed by atoms with Gasteiger partial charge in [0.05, 0.1) is 12.1 Å². The van der Waals surface area contributed by atoms with Crippen LogP contribution in [0.2, 0.25) is 25.7 Å². The fourth-order valence-electron chi connectivity index (χ4n) is 2.55. The third kappa shape index (κ3) is 3.91. The maximum Gasteiger partial charge on any atom is 0.414 e. The van der Waals surface area contributed by atoms with E-state index in [2.05, 4.69) is 47.3 Å². The summed E-state index contributed by atoms with van der Waals surface area (Å²) < 4.78 is 13.6. The van der Waals surface area contributed by atoms with Crippen molar-refractivity contribution in [1.29, 1.82) is 0 Å². The molecule has 8 heteroatoms. The molecule has 0 saturated carbocycles. The number of halogens is 1. The van der Waals surface area contributed by atoms with Crippen LogP contribution in [0.3, 0.4) is 0 Å². The Labute approximate surface area is 156 Å². The molecule has 3 rings (SSSR count). The van der Waals surface area contributed by atoms with Gasteiger partial charge in [0.15, 0.2) is 0 Å². The highest BCUT2D eigenvalue weighted by atomic mass is 127. The summed E-state index contributed by atoms with van der Waals surface area (Å²) in [4.78, 5) is 13.4. The second kappa shape index (κ2) is 7.01.